The summed E-state index contributed by atoms with van der Waals surface area (Å²) in [5, 5.41) is 26.4. The molecule has 10 heteroatoms. The van der Waals surface area contributed by atoms with Crippen molar-refractivity contribution in [3.63, 3.8) is 0 Å². The zero-order chi connectivity index (χ0) is 26.7. The van der Waals surface area contributed by atoms with Crippen LogP contribution in [0.25, 0.3) is 0 Å². The van der Waals surface area contributed by atoms with Gasteiger partial charge in [-0.25, -0.2) is 0 Å². The average molecular weight is 530 g/mol. The highest BCUT2D eigenvalue weighted by Gasteiger charge is 2.53. The fraction of sp³-hybridized carbons (Fsp3) is 0.429. The van der Waals surface area contributed by atoms with Crippen molar-refractivity contribution in [1.29, 1.82) is 5.26 Å². The topological polar surface area (TPSA) is 117 Å². The van der Waals surface area contributed by atoms with E-state index in [1.165, 1.54) is 0 Å². The van der Waals surface area contributed by atoms with Gasteiger partial charge in [-0.3, -0.25) is 19.2 Å². The Morgan fingerprint density at radius 1 is 1.21 bits per heavy atom. The lowest BCUT2D eigenvalue weighted by Gasteiger charge is -2.36. The van der Waals surface area contributed by atoms with Gasteiger partial charge in [0.05, 0.1) is 35.1 Å². The van der Waals surface area contributed by atoms with Crippen LogP contribution in [0.2, 0.25) is 5.02 Å². The van der Waals surface area contributed by atoms with Gasteiger partial charge in [0.2, 0.25) is 5.91 Å². The number of nitrogens with zero attached hydrogens (tertiary/aromatic N) is 6. The lowest BCUT2D eigenvalue weighted by Crippen LogP contribution is -2.43. The number of piperidine rings is 1. The number of carbonyl (C=O) groups excluding carboxylic acids is 2. The first kappa shape index (κ1) is 24.6. The lowest BCUT2D eigenvalue weighted by molar-refractivity contribution is -0.118. The second-order valence-electron chi connectivity index (χ2n) is 10.8. The van der Waals surface area contributed by atoms with Crippen molar-refractivity contribution in [2.75, 3.05) is 11.4 Å². The average Bonchev–Trinajstić information content (AvgIpc) is 3.33. The Kier molecular flexibility index (Phi) is 5.95. The molecule has 194 valence electrons. The number of anilines is 1. The van der Waals surface area contributed by atoms with Gasteiger partial charge in [-0.05, 0) is 86.8 Å². The number of fused-ring (bicyclic) bond motifs is 1. The maximum Gasteiger partial charge on any atom is 0.254 e. The molecule has 1 unspecified atom stereocenters. The van der Waals surface area contributed by atoms with Gasteiger partial charge in [0.15, 0.2) is 5.82 Å². The molecule has 0 spiro atoms. The van der Waals surface area contributed by atoms with E-state index in [0.717, 1.165) is 48.2 Å². The molecule has 38 heavy (non-hydrogen) atoms. The van der Waals surface area contributed by atoms with Gasteiger partial charge in [-0.1, -0.05) is 11.6 Å². The minimum atomic E-state index is -0.236. The molecule has 6 rings (SSSR count). The molecule has 1 aromatic carbocycles. The van der Waals surface area contributed by atoms with E-state index in [1.54, 1.807) is 34.1 Å². The van der Waals surface area contributed by atoms with Crippen molar-refractivity contribution in [2.45, 2.75) is 58.0 Å². The van der Waals surface area contributed by atoms with Crippen molar-refractivity contribution >= 4 is 29.2 Å². The van der Waals surface area contributed by atoms with Crippen LogP contribution in [-0.4, -0.2) is 44.4 Å². The number of nitriles is 1. The third kappa shape index (κ3) is 4.13. The summed E-state index contributed by atoms with van der Waals surface area (Å²) >= 11 is 6.13. The van der Waals surface area contributed by atoms with Crippen LogP contribution in [0, 0.1) is 37.0 Å². The summed E-state index contributed by atoms with van der Waals surface area (Å²) in [6.07, 6.45) is 5.80. The molecule has 2 aliphatic carbocycles. The Morgan fingerprint density at radius 2 is 2.00 bits per heavy atom. The highest BCUT2D eigenvalue weighted by molar-refractivity contribution is 6.30. The molecule has 3 fully saturated rings. The highest BCUT2D eigenvalue weighted by atomic mass is 35.5. The van der Waals surface area contributed by atoms with Gasteiger partial charge in [0.1, 0.15) is 0 Å². The van der Waals surface area contributed by atoms with Crippen LogP contribution < -0.4 is 10.2 Å². The Balaban J connectivity index is 1.11. The standard InChI is InChI=1S/C28H28ClN7O2/c1-14-15(2)26(35-12-19-8-24(19)28(35)38)34-33-25(14)16(3)36-13-20(11-31-36)27(37)32-22-6-18(7-22)23-9-21(29)5-4-17(23)10-30/h4-5,9,11,13,16,18-19,22,24H,6-8,12H2,1-3H3,(H,32,37)/t16?,18?,19-,22?,24-/m1/s1. The van der Waals surface area contributed by atoms with E-state index in [9.17, 15) is 14.9 Å². The van der Waals surface area contributed by atoms with Crippen molar-refractivity contribution in [2.24, 2.45) is 11.8 Å². The molecular weight excluding hydrogens is 502 g/mol. The molecule has 2 saturated carbocycles. The molecule has 0 radical (unpaired) electrons. The van der Waals surface area contributed by atoms with E-state index in [1.807, 2.05) is 26.8 Å². The summed E-state index contributed by atoms with van der Waals surface area (Å²) in [7, 11) is 0. The number of halogens is 1. The Bertz CT molecular complexity index is 1500. The zero-order valence-electron chi connectivity index (χ0n) is 21.5. The molecule has 1 aliphatic heterocycles. The summed E-state index contributed by atoms with van der Waals surface area (Å²) in [5.41, 5.74) is 4.72. The summed E-state index contributed by atoms with van der Waals surface area (Å²) in [6, 6.07) is 7.33. The van der Waals surface area contributed by atoms with E-state index >= 15 is 0 Å². The minimum Gasteiger partial charge on any atom is -0.349 e. The van der Waals surface area contributed by atoms with Crippen molar-refractivity contribution < 1.29 is 9.59 Å². The van der Waals surface area contributed by atoms with Crippen LogP contribution in [0.5, 0.6) is 0 Å². The van der Waals surface area contributed by atoms with Crippen molar-refractivity contribution in [1.82, 2.24) is 25.3 Å². The lowest BCUT2D eigenvalue weighted by atomic mass is 9.74. The largest absolute Gasteiger partial charge is 0.349 e. The third-order valence-electron chi connectivity index (χ3n) is 8.42. The first-order valence-corrected chi connectivity index (χ1v) is 13.3. The first-order valence-electron chi connectivity index (χ1n) is 12.9. The number of benzene rings is 1. The van der Waals surface area contributed by atoms with Gasteiger partial charge in [-0.2, -0.15) is 15.5 Å². The maximum absolute atomic E-state index is 12.9. The predicted molar refractivity (Wildman–Crippen MR) is 141 cm³/mol. The van der Waals surface area contributed by atoms with E-state index in [2.05, 4.69) is 26.7 Å². The first-order chi connectivity index (χ1) is 18.2. The van der Waals surface area contributed by atoms with Gasteiger partial charge in [0, 0.05) is 29.7 Å². The molecular formula is C28H28ClN7O2. The van der Waals surface area contributed by atoms with Gasteiger partial charge >= 0.3 is 0 Å². The molecule has 9 nitrogen and oxygen atoms in total. The molecule has 2 aromatic heterocycles. The molecule has 3 atom stereocenters. The van der Waals surface area contributed by atoms with E-state index in [4.69, 9.17) is 11.6 Å². The number of carbonyl (C=O) groups is 2. The molecule has 3 heterocycles. The SMILES string of the molecule is Cc1c(C(C)n2cc(C(=O)NC3CC(c4cc(Cl)ccc4C#N)C3)cn2)nnc(N2C[C@H]3C[C@H]3C2=O)c1C. The summed E-state index contributed by atoms with van der Waals surface area (Å²) in [6.45, 7) is 6.66. The molecule has 0 bridgehead atoms. The van der Waals surface area contributed by atoms with Crippen LogP contribution in [0.4, 0.5) is 5.82 Å². The Hall–Kier alpha value is -3.77. The van der Waals surface area contributed by atoms with Crippen LogP contribution >= 0.6 is 11.6 Å². The summed E-state index contributed by atoms with van der Waals surface area (Å²) in [4.78, 5) is 27.2. The maximum atomic E-state index is 12.9. The number of rotatable bonds is 6. The quantitative estimate of drug-likeness (QED) is 0.514. The van der Waals surface area contributed by atoms with Crippen LogP contribution in [-0.2, 0) is 4.79 Å². The highest BCUT2D eigenvalue weighted by Crippen LogP contribution is 2.47. The van der Waals surface area contributed by atoms with E-state index in [-0.39, 0.29) is 35.7 Å². The molecule has 2 amide bonds. The van der Waals surface area contributed by atoms with Crippen molar-refractivity contribution in [3.05, 3.63) is 69.1 Å². The fourth-order valence-electron chi connectivity index (χ4n) is 5.76. The Labute approximate surface area is 225 Å². The van der Waals surface area contributed by atoms with Gasteiger partial charge < -0.3 is 5.32 Å². The van der Waals surface area contributed by atoms with Crippen molar-refractivity contribution in [3.8, 4) is 6.07 Å². The third-order valence-corrected chi connectivity index (χ3v) is 8.65. The smallest absolute Gasteiger partial charge is 0.254 e. The number of aromatic nitrogens is 4. The predicted octanol–water partition coefficient (Wildman–Crippen LogP) is 4.08. The molecule has 1 saturated heterocycles. The number of hydrogen-bond donors (Lipinski definition) is 1. The normalized spacial score (nSPS) is 24.4. The summed E-state index contributed by atoms with van der Waals surface area (Å²) < 4.78 is 1.72. The minimum absolute atomic E-state index is 0.0291. The number of nitrogens with one attached hydrogen (secondary N) is 1. The molecule has 3 aromatic rings. The number of amides is 2. The fourth-order valence-corrected chi connectivity index (χ4v) is 5.94. The summed E-state index contributed by atoms with van der Waals surface area (Å²) in [5.74, 6) is 1.46. The monoisotopic (exact) mass is 529 g/mol. The van der Waals surface area contributed by atoms with Crippen LogP contribution in [0.15, 0.2) is 30.6 Å². The molecule has 3 aliphatic rings. The van der Waals surface area contributed by atoms with Gasteiger partial charge in [-0.15, -0.1) is 5.10 Å². The second-order valence-corrected chi connectivity index (χ2v) is 11.2. The van der Waals surface area contributed by atoms with E-state index in [0.29, 0.717) is 27.9 Å². The molecule has 1 N–H and O–H groups in total. The van der Waals surface area contributed by atoms with Crippen LogP contribution in [0.1, 0.15) is 76.5 Å². The zero-order valence-corrected chi connectivity index (χ0v) is 22.2. The Morgan fingerprint density at radius 3 is 2.71 bits per heavy atom. The van der Waals surface area contributed by atoms with Gasteiger partial charge in [0.25, 0.3) is 5.91 Å². The van der Waals surface area contributed by atoms with Crippen LogP contribution in [0.3, 0.4) is 0 Å². The number of hydrogen-bond acceptors (Lipinski definition) is 6. The van der Waals surface area contributed by atoms with E-state index < -0.39 is 0 Å². The second kappa shape index (κ2) is 9.21.